The molecule has 1 aromatic carbocycles. The lowest BCUT2D eigenvalue weighted by atomic mass is 10.1. The van der Waals surface area contributed by atoms with Gasteiger partial charge in [0.1, 0.15) is 11.4 Å². The van der Waals surface area contributed by atoms with Gasteiger partial charge in [-0.3, -0.25) is 19.4 Å². The number of hydroxylamine groups is 1. The van der Waals surface area contributed by atoms with Gasteiger partial charge < -0.3 is 16.0 Å². The van der Waals surface area contributed by atoms with Gasteiger partial charge in [-0.1, -0.05) is 5.17 Å². The fraction of sp³-hybridized carbons (Fsp3) is 0.474. The Morgan fingerprint density at radius 3 is 2.55 bits per heavy atom. The lowest BCUT2D eigenvalue weighted by molar-refractivity contribution is -0.204. The maximum absolute atomic E-state index is 11.8. The monoisotopic (exact) mass is 402 g/mol. The van der Waals surface area contributed by atoms with Crippen molar-refractivity contribution in [2.75, 3.05) is 36.9 Å². The fourth-order valence-electron chi connectivity index (χ4n) is 2.94. The molecule has 0 bridgehead atoms. The van der Waals surface area contributed by atoms with Crippen molar-refractivity contribution in [3.63, 3.8) is 0 Å². The number of anilines is 3. The van der Waals surface area contributed by atoms with Gasteiger partial charge >= 0.3 is 6.03 Å². The third kappa shape index (κ3) is 6.00. The van der Waals surface area contributed by atoms with E-state index < -0.39 is 10.9 Å². The number of hydrogen-bond donors (Lipinski definition) is 4. The molecule has 156 valence electrons. The topological polar surface area (TPSA) is 125 Å². The number of aromatic nitrogens is 1. The van der Waals surface area contributed by atoms with E-state index in [1.54, 1.807) is 24.5 Å². The highest BCUT2D eigenvalue weighted by molar-refractivity contribution is 5.78. The molecule has 1 saturated heterocycles. The van der Waals surface area contributed by atoms with Gasteiger partial charge in [0.15, 0.2) is 0 Å². The Bertz CT molecular complexity index is 859. The van der Waals surface area contributed by atoms with Crippen LogP contribution in [0.4, 0.5) is 21.9 Å². The van der Waals surface area contributed by atoms with Crippen LogP contribution in [0.15, 0.2) is 34.1 Å². The van der Waals surface area contributed by atoms with Crippen LogP contribution in [0.2, 0.25) is 0 Å². The van der Waals surface area contributed by atoms with Gasteiger partial charge in [-0.05, 0) is 44.2 Å². The number of amides is 2. The normalized spacial score (nSPS) is 14.5. The van der Waals surface area contributed by atoms with Crippen LogP contribution in [-0.4, -0.2) is 42.4 Å². The summed E-state index contributed by atoms with van der Waals surface area (Å²) in [5.74, 6) is 0. The van der Waals surface area contributed by atoms with E-state index in [0.717, 1.165) is 32.1 Å². The highest BCUT2D eigenvalue weighted by Crippen LogP contribution is 2.19. The first-order chi connectivity index (χ1) is 14.1. The Morgan fingerprint density at radius 2 is 1.79 bits per heavy atom. The van der Waals surface area contributed by atoms with Crippen LogP contribution >= 0.6 is 0 Å². The van der Waals surface area contributed by atoms with Gasteiger partial charge in [0.25, 0.3) is 10.9 Å². The maximum Gasteiger partial charge on any atom is 0.331 e. The Labute approximate surface area is 168 Å². The van der Waals surface area contributed by atoms with Gasteiger partial charge in [0, 0.05) is 37.7 Å². The number of urea groups is 1. The number of carbonyl (C=O) groups excluding carboxylic acids is 1. The molecule has 0 aliphatic carbocycles. The van der Waals surface area contributed by atoms with Crippen LogP contribution < -0.4 is 32.2 Å². The molecule has 0 atom stereocenters. The van der Waals surface area contributed by atoms with Crippen molar-refractivity contribution >= 4 is 23.1 Å². The quantitative estimate of drug-likeness (QED) is 0.346. The number of rotatable bonds is 10. The lowest BCUT2D eigenvalue weighted by Crippen LogP contribution is -2.49. The Balaban J connectivity index is 1.29. The molecule has 10 nitrogen and oxygen atoms in total. The molecule has 1 aliphatic heterocycles. The fourth-order valence-corrected chi connectivity index (χ4v) is 2.94. The van der Waals surface area contributed by atoms with Crippen LogP contribution in [0.1, 0.15) is 32.1 Å². The molecule has 2 heterocycles. The molecule has 1 aliphatic rings. The molecule has 1 aromatic heterocycles. The van der Waals surface area contributed by atoms with Crippen molar-refractivity contribution in [1.29, 1.82) is 0 Å². The van der Waals surface area contributed by atoms with Gasteiger partial charge in [-0.2, -0.15) is 0 Å². The van der Waals surface area contributed by atoms with Gasteiger partial charge in [-0.25, -0.2) is 10.2 Å². The van der Waals surface area contributed by atoms with Crippen LogP contribution in [0.5, 0.6) is 0 Å². The predicted octanol–water partition coefficient (Wildman–Crippen LogP) is 1.24. The van der Waals surface area contributed by atoms with Gasteiger partial charge in [-0.15, -0.1) is 0 Å². The van der Waals surface area contributed by atoms with Crippen LogP contribution in [0.25, 0.3) is 0 Å². The lowest BCUT2D eigenvalue weighted by Gasteiger charge is -2.25. The Morgan fingerprint density at radius 1 is 1.03 bits per heavy atom. The molecular formula is C19H26N6O4. The summed E-state index contributed by atoms with van der Waals surface area (Å²) in [5.41, 5.74) is 2.95. The van der Waals surface area contributed by atoms with Gasteiger partial charge in [0.05, 0.1) is 6.61 Å². The van der Waals surface area contributed by atoms with E-state index in [1.807, 2.05) is 0 Å². The number of nitrogens with zero attached hydrogens (tertiary/aromatic N) is 2. The molecule has 2 aromatic rings. The maximum atomic E-state index is 11.8. The van der Waals surface area contributed by atoms with Crippen molar-refractivity contribution in [2.24, 2.45) is 0 Å². The smallest absolute Gasteiger partial charge is 0.331 e. The summed E-state index contributed by atoms with van der Waals surface area (Å²) in [6.45, 7) is 2.43. The number of hydrazine groups is 1. The van der Waals surface area contributed by atoms with E-state index >= 15 is 0 Å². The van der Waals surface area contributed by atoms with Crippen molar-refractivity contribution in [3.8, 4) is 0 Å². The Hall–Kier alpha value is -2.98. The number of unbranched alkanes of at least 4 members (excludes halogenated alkanes) is 2. The highest BCUT2D eigenvalue weighted by atomic mass is 16.7. The number of carbonyl (C=O) groups is 1. The average molecular weight is 402 g/mol. The summed E-state index contributed by atoms with van der Waals surface area (Å²) in [5, 5.41) is 10.2. The molecule has 2 amide bonds. The van der Waals surface area contributed by atoms with E-state index in [2.05, 4.69) is 26.4 Å². The number of pyridine rings is 1. The summed E-state index contributed by atoms with van der Waals surface area (Å²) < 4.78 is 0. The minimum Gasteiger partial charge on any atom is -0.380 e. The Kier molecular flexibility index (Phi) is 7.54. The first-order valence-electron chi connectivity index (χ1n) is 9.84. The highest BCUT2D eigenvalue weighted by Gasteiger charge is 2.20. The van der Waals surface area contributed by atoms with Gasteiger partial charge in [0.2, 0.25) is 0 Å². The van der Waals surface area contributed by atoms with E-state index in [0.29, 0.717) is 43.3 Å². The molecule has 0 saturated carbocycles. The predicted molar refractivity (Wildman–Crippen MR) is 110 cm³/mol. The van der Waals surface area contributed by atoms with Crippen molar-refractivity contribution in [1.82, 2.24) is 20.9 Å². The molecule has 10 heteroatoms. The standard InChI is InChI=1S/C19H26N6O4/c26-17-15(16(18(17)27)23-14-6-10-20-11-7-14)21-8-2-1-3-9-22-19(28)24-25-12-4-5-13-29-25/h6-7,10-11,21H,1-5,8-9,12-13H2,(H,20,23)(H2,22,24,28). The van der Waals surface area contributed by atoms with E-state index in [1.165, 1.54) is 5.17 Å². The van der Waals surface area contributed by atoms with Crippen LogP contribution in [0.3, 0.4) is 0 Å². The minimum atomic E-state index is -0.516. The summed E-state index contributed by atoms with van der Waals surface area (Å²) in [6, 6.07) is 3.17. The van der Waals surface area contributed by atoms with E-state index in [9.17, 15) is 14.4 Å². The summed E-state index contributed by atoms with van der Waals surface area (Å²) >= 11 is 0. The second-order valence-electron chi connectivity index (χ2n) is 6.77. The van der Waals surface area contributed by atoms with Crippen LogP contribution in [-0.2, 0) is 4.84 Å². The largest absolute Gasteiger partial charge is 0.380 e. The van der Waals surface area contributed by atoms with Crippen molar-refractivity contribution in [2.45, 2.75) is 32.1 Å². The van der Waals surface area contributed by atoms with Crippen LogP contribution in [0, 0.1) is 0 Å². The van der Waals surface area contributed by atoms with Crippen molar-refractivity contribution in [3.05, 3.63) is 45.0 Å². The molecule has 0 unspecified atom stereocenters. The minimum absolute atomic E-state index is 0.277. The number of nitrogens with one attached hydrogen (secondary N) is 4. The van der Waals surface area contributed by atoms with Crippen molar-refractivity contribution < 1.29 is 9.63 Å². The molecule has 3 rings (SSSR count). The second kappa shape index (κ2) is 10.5. The first-order valence-corrected chi connectivity index (χ1v) is 9.84. The summed E-state index contributed by atoms with van der Waals surface area (Å²) in [7, 11) is 0. The zero-order valence-corrected chi connectivity index (χ0v) is 16.2. The molecule has 0 spiro atoms. The third-order valence-corrected chi connectivity index (χ3v) is 4.53. The zero-order valence-electron chi connectivity index (χ0n) is 16.2. The average Bonchev–Trinajstić information content (AvgIpc) is 2.75. The number of hydrogen-bond acceptors (Lipinski definition) is 8. The van der Waals surface area contributed by atoms with E-state index in [4.69, 9.17) is 4.84 Å². The summed E-state index contributed by atoms with van der Waals surface area (Å²) in [4.78, 5) is 44.5. The molecule has 0 radical (unpaired) electrons. The first kappa shape index (κ1) is 20.7. The molecule has 4 N–H and O–H groups in total. The zero-order chi connectivity index (χ0) is 20.5. The van der Waals surface area contributed by atoms with E-state index in [-0.39, 0.29) is 6.03 Å². The molecule has 29 heavy (non-hydrogen) atoms. The molecular weight excluding hydrogens is 376 g/mol. The molecule has 1 fully saturated rings. The second-order valence-corrected chi connectivity index (χ2v) is 6.77. The summed E-state index contributed by atoms with van der Waals surface area (Å²) in [6.07, 6.45) is 7.71. The SMILES string of the molecule is O=C(NCCCCCNc1c(Nc2ccncc2)c(=O)c1=O)NN1CCCCO1. The third-order valence-electron chi connectivity index (χ3n) is 4.53.